The molecule has 0 atom stereocenters. The Balaban J connectivity index is 1.31. The monoisotopic (exact) mass is 415 g/mol. The van der Waals surface area contributed by atoms with Gasteiger partial charge in [-0.2, -0.15) is 0 Å². The van der Waals surface area contributed by atoms with E-state index in [0.717, 1.165) is 24.2 Å². The Bertz CT molecular complexity index is 1010. The maximum atomic E-state index is 12.5. The standard InChI is InChI=1S/C25H25N3O3/c29-24(18-28-14-16-31-17-15-28)26-22-10-12-23(13-11-22)27-25(30)21-8-6-20(7-9-21)19-4-2-1-3-5-19/h1-13H,14-18H2,(H,26,29)(H,27,30). The average molecular weight is 415 g/mol. The Morgan fingerprint density at radius 2 is 1.32 bits per heavy atom. The third kappa shape index (κ3) is 5.78. The molecule has 0 radical (unpaired) electrons. The molecule has 31 heavy (non-hydrogen) atoms. The first-order valence-electron chi connectivity index (χ1n) is 10.3. The summed E-state index contributed by atoms with van der Waals surface area (Å²) in [5, 5.41) is 5.78. The van der Waals surface area contributed by atoms with Gasteiger partial charge >= 0.3 is 0 Å². The first-order chi connectivity index (χ1) is 15.2. The van der Waals surface area contributed by atoms with Crippen LogP contribution in [0.2, 0.25) is 0 Å². The minimum Gasteiger partial charge on any atom is -0.379 e. The molecule has 0 unspecified atom stereocenters. The fourth-order valence-corrected chi connectivity index (χ4v) is 3.45. The van der Waals surface area contributed by atoms with Crippen molar-refractivity contribution < 1.29 is 14.3 Å². The third-order valence-electron chi connectivity index (χ3n) is 5.15. The van der Waals surface area contributed by atoms with Crippen molar-refractivity contribution in [2.75, 3.05) is 43.5 Å². The molecule has 0 spiro atoms. The minimum atomic E-state index is -0.177. The molecular formula is C25H25N3O3. The van der Waals surface area contributed by atoms with Crippen LogP contribution >= 0.6 is 0 Å². The van der Waals surface area contributed by atoms with Crippen molar-refractivity contribution >= 4 is 23.2 Å². The van der Waals surface area contributed by atoms with Crippen molar-refractivity contribution in [2.24, 2.45) is 0 Å². The summed E-state index contributed by atoms with van der Waals surface area (Å²) in [4.78, 5) is 26.8. The molecule has 3 aromatic rings. The molecule has 6 nitrogen and oxygen atoms in total. The van der Waals surface area contributed by atoms with E-state index >= 15 is 0 Å². The Morgan fingerprint density at radius 3 is 1.97 bits per heavy atom. The van der Waals surface area contributed by atoms with Gasteiger partial charge in [-0.1, -0.05) is 42.5 Å². The first kappa shape index (κ1) is 20.8. The zero-order valence-corrected chi connectivity index (χ0v) is 17.2. The van der Waals surface area contributed by atoms with Crippen molar-refractivity contribution in [3.8, 4) is 11.1 Å². The van der Waals surface area contributed by atoms with Gasteiger partial charge in [0, 0.05) is 30.0 Å². The molecule has 0 aliphatic carbocycles. The smallest absolute Gasteiger partial charge is 0.255 e. The summed E-state index contributed by atoms with van der Waals surface area (Å²) < 4.78 is 5.29. The predicted octanol–water partition coefficient (Wildman–Crippen LogP) is 3.88. The number of nitrogens with zero attached hydrogens (tertiary/aromatic N) is 1. The number of carbonyl (C=O) groups excluding carboxylic acids is 2. The molecule has 2 N–H and O–H groups in total. The lowest BCUT2D eigenvalue weighted by Gasteiger charge is -2.25. The van der Waals surface area contributed by atoms with E-state index in [-0.39, 0.29) is 11.8 Å². The van der Waals surface area contributed by atoms with Gasteiger partial charge in [0.25, 0.3) is 5.91 Å². The maximum Gasteiger partial charge on any atom is 0.255 e. The molecule has 0 saturated carbocycles. The zero-order valence-electron chi connectivity index (χ0n) is 17.2. The summed E-state index contributed by atoms with van der Waals surface area (Å²) in [6.07, 6.45) is 0. The van der Waals surface area contributed by atoms with Crippen molar-refractivity contribution in [1.82, 2.24) is 4.90 Å². The minimum absolute atomic E-state index is 0.0582. The Morgan fingerprint density at radius 1 is 0.742 bits per heavy atom. The van der Waals surface area contributed by atoms with Crippen molar-refractivity contribution in [2.45, 2.75) is 0 Å². The van der Waals surface area contributed by atoms with E-state index in [2.05, 4.69) is 15.5 Å². The lowest BCUT2D eigenvalue weighted by molar-refractivity contribution is -0.118. The topological polar surface area (TPSA) is 70.7 Å². The van der Waals surface area contributed by atoms with Crippen molar-refractivity contribution in [3.05, 3.63) is 84.4 Å². The molecule has 1 aliphatic heterocycles. The number of carbonyl (C=O) groups is 2. The van der Waals surface area contributed by atoms with E-state index < -0.39 is 0 Å². The number of morpholine rings is 1. The van der Waals surface area contributed by atoms with Crippen LogP contribution in [0.3, 0.4) is 0 Å². The molecular weight excluding hydrogens is 390 g/mol. The summed E-state index contributed by atoms with van der Waals surface area (Å²) in [5.41, 5.74) is 4.13. The molecule has 1 fully saturated rings. The number of rotatable bonds is 6. The normalized spacial score (nSPS) is 14.1. The second-order valence-corrected chi connectivity index (χ2v) is 7.41. The molecule has 158 valence electrons. The van der Waals surface area contributed by atoms with Crippen LogP contribution in [0.5, 0.6) is 0 Å². The molecule has 4 rings (SSSR count). The largest absolute Gasteiger partial charge is 0.379 e. The van der Waals surface area contributed by atoms with E-state index in [1.54, 1.807) is 24.3 Å². The Kier molecular flexibility index (Phi) is 6.72. The van der Waals surface area contributed by atoms with Crippen LogP contribution in [0, 0.1) is 0 Å². The van der Waals surface area contributed by atoms with E-state index in [9.17, 15) is 9.59 Å². The van der Waals surface area contributed by atoms with Gasteiger partial charge in [-0.3, -0.25) is 14.5 Å². The van der Waals surface area contributed by atoms with Crippen molar-refractivity contribution in [1.29, 1.82) is 0 Å². The van der Waals surface area contributed by atoms with E-state index in [1.165, 1.54) is 0 Å². The van der Waals surface area contributed by atoms with Crippen LogP contribution in [-0.4, -0.2) is 49.6 Å². The number of anilines is 2. The number of ether oxygens (including phenoxy) is 1. The lowest BCUT2D eigenvalue weighted by Crippen LogP contribution is -2.41. The molecule has 2 amide bonds. The van der Waals surface area contributed by atoms with Gasteiger partial charge in [0.15, 0.2) is 0 Å². The molecule has 1 saturated heterocycles. The summed E-state index contributed by atoms with van der Waals surface area (Å²) in [6.45, 7) is 3.21. The van der Waals surface area contributed by atoms with Gasteiger partial charge in [0.1, 0.15) is 0 Å². The summed E-state index contributed by atoms with van der Waals surface area (Å²) in [7, 11) is 0. The molecule has 0 aromatic heterocycles. The fraction of sp³-hybridized carbons (Fsp3) is 0.200. The highest BCUT2D eigenvalue weighted by Crippen LogP contribution is 2.20. The number of benzene rings is 3. The van der Waals surface area contributed by atoms with Gasteiger partial charge in [0.05, 0.1) is 19.8 Å². The second-order valence-electron chi connectivity index (χ2n) is 7.41. The van der Waals surface area contributed by atoms with Gasteiger partial charge in [0.2, 0.25) is 5.91 Å². The predicted molar refractivity (Wildman–Crippen MR) is 122 cm³/mol. The van der Waals surface area contributed by atoms with Crippen LogP contribution < -0.4 is 10.6 Å². The fourth-order valence-electron chi connectivity index (χ4n) is 3.45. The van der Waals surface area contributed by atoms with Gasteiger partial charge in [-0.05, 0) is 47.5 Å². The zero-order chi connectivity index (χ0) is 21.5. The molecule has 0 bridgehead atoms. The Labute approximate surface area is 181 Å². The van der Waals surface area contributed by atoms with Crippen LogP contribution in [-0.2, 0) is 9.53 Å². The summed E-state index contributed by atoms with van der Waals surface area (Å²) in [5.74, 6) is -0.235. The summed E-state index contributed by atoms with van der Waals surface area (Å²) in [6, 6.07) is 24.7. The van der Waals surface area contributed by atoms with Crippen LogP contribution in [0.25, 0.3) is 11.1 Å². The van der Waals surface area contributed by atoms with E-state index in [0.29, 0.717) is 36.7 Å². The highest BCUT2D eigenvalue weighted by molar-refractivity contribution is 6.04. The summed E-state index contributed by atoms with van der Waals surface area (Å²) >= 11 is 0. The second kappa shape index (κ2) is 10.0. The first-order valence-corrected chi connectivity index (χ1v) is 10.3. The van der Waals surface area contributed by atoms with Crippen molar-refractivity contribution in [3.63, 3.8) is 0 Å². The quantitative estimate of drug-likeness (QED) is 0.641. The highest BCUT2D eigenvalue weighted by atomic mass is 16.5. The number of amides is 2. The Hall–Kier alpha value is -3.48. The molecule has 6 heteroatoms. The highest BCUT2D eigenvalue weighted by Gasteiger charge is 2.14. The SMILES string of the molecule is O=C(CN1CCOCC1)Nc1ccc(NC(=O)c2ccc(-c3ccccc3)cc2)cc1. The third-order valence-corrected chi connectivity index (χ3v) is 5.15. The number of nitrogens with one attached hydrogen (secondary N) is 2. The molecule has 3 aromatic carbocycles. The van der Waals surface area contributed by atoms with Crippen LogP contribution in [0.1, 0.15) is 10.4 Å². The van der Waals surface area contributed by atoms with Gasteiger partial charge < -0.3 is 15.4 Å². The lowest BCUT2D eigenvalue weighted by atomic mass is 10.0. The molecule has 1 aliphatic rings. The van der Waals surface area contributed by atoms with Crippen LogP contribution in [0.15, 0.2) is 78.9 Å². The molecule has 1 heterocycles. The van der Waals surface area contributed by atoms with E-state index in [1.807, 2.05) is 54.6 Å². The van der Waals surface area contributed by atoms with Crippen LogP contribution in [0.4, 0.5) is 11.4 Å². The average Bonchev–Trinajstić information content (AvgIpc) is 2.81. The number of hydrogen-bond acceptors (Lipinski definition) is 4. The number of hydrogen-bond donors (Lipinski definition) is 2. The van der Waals surface area contributed by atoms with Gasteiger partial charge in [-0.25, -0.2) is 0 Å². The maximum absolute atomic E-state index is 12.5. The van der Waals surface area contributed by atoms with E-state index in [4.69, 9.17) is 4.74 Å². The van der Waals surface area contributed by atoms with Gasteiger partial charge in [-0.15, -0.1) is 0 Å².